The monoisotopic (exact) mass is 276 g/mol. The van der Waals surface area contributed by atoms with Crippen molar-refractivity contribution < 1.29 is 4.79 Å². The maximum Gasteiger partial charge on any atom is 0.212 e. The van der Waals surface area contributed by atoms with Gasteiger partial charge in [0.05, 0.1) is 11.2 Å². The normalized spacial score (nSPS) is 10.7. The van der Waals surface area contributed by atoms with Gasteiger partial charge in [0.1, 0.15) is 5.69 Å². The summed E-state index contributed by atoms with van der Waals surface area (Å²) in [6.45, 7) is 6.69. The molecule has 4 heteroatoms. The van der Waals surface area contributed by atoms with Gasteiger partial charge in [0.2, 0.25) is 5.78 Å². The van der Waals surface area contributed by atoms with Crippen molar-refractivity contribution in [2.24, 2.45) is 0 Å². The van der Waals surface area contributed by atoms with Gasteiger partial charge in [0.15, 0.2) is 0 Å². The van der Waals surface area contributed by atoms with Crippen molar-refractivity contribution in [1.29, 1.82) is 0 Å². The van der Waals surface area contributed by atoms with Crippen LogP contribution in [0.4, 0.5) is 0 Å². The summed E-state index contributed by atoms with van der Waals surface area (Å²) in [5, 5.41) is 4.58. The predicted molar refractivity (Wildman–Crippen MR) is 76.9 cm³/mol. The van der Waals surface area contributed by atoms with Gasteiger partial charge in [-0.3, -0.25) is 9.48 Å². The van der Waals surface area contributed by atoms with E-state index in [0.29, 0.717) is 22.8 Å². The van der Waals surface area contributed by atoms with E-state index in [2.05, 4.69) is 5.10 Å². The van der Waals surface area contributed by atoms with E-state index in [9.17, 15) is 4.79 Å². The number of hydrogen-bond acceptors (Lipinski definition) is 2. The molecular formula is C15H17ClN2O. The third kappa shape index (κ3) is 2.56. The number of nitrogens with zero attached hydrogens (tertiary/aromatic N) is 2. The summed E-state index contributed by atoms with van der Waals surface area (Å²) in [6, 6.07) is 5.73. The maximum atomic E-state index is 12.7. The van der Waals surface area contributed by atoms with Crippen LogP contribution < -0.4 is 0 Å². The van der Waals surface area contributed by atoms with E-state index < -0.39 is 0 Å². The first-order valence-electron chi connectivity index (χ1n) is 6.38. The highest BCUT2D eigenvalue weighted by Gasteiger charge is 2.20. The molecule has 1 aromatic carbocycles. The van der Waals surface area contributed by atoms with Crippen molar-refractivity contribution in [3.05, 3.63) is 51.8 Å². The zero-order valence-corrected chi connectivity index (χ0v) is 12.2. The van der Waals surface area contributed by atoms with Crippen molar-refractivity contribution in [2.45, 2.75) is 33.7 Å². The minimum atomic E-state index is -0.0582. The minimum Gasteiger partial charge on any atom is -0.287 e. The zero-order valence-electron chi connectivity index (χ0n) is 11.4. The molecule has 0 saturated heterocycles. The molecule has 2 aromatic rings. The smallest absolute Gasteiger partial charge is 0.212 e. The van der Waals surface area contributed by atoms with Crippen LogP contribution in [0.1, 0.15) is 40.5 Å². The molecule has 0 spiro atoms. The van der Waals surface area contributed by atoms with Gasteiger partial charge in [-0.1, -0.05) is 36.7 Å². The molecule has 2 rings (SSSR count). The first-order valence-corrected chi connectivity index (χ1v) is 6.76. The van der Waals surface area contributed by atoms with Gasteiger partial charge in [-0.05, 0) is 31.4 Å². The number of hydrogen-bond donors (Lipinski definition) is 0. The number of aryl methyl sites for hydroxylation is 2. The molecule has 0 aliphatic carbocycles. The summed E-state index contributed by atoms with van der Waals surface area (Å²) in [6.07, 6.45) is 2.45. The molecule has 0 fully saturated rings. The number of carbonyl (C=O) groups excluding carboxylic acids is 1. The van der Waals surface area contributed by atoms with Crippen LogP contribution in [0.25, 0.3) is 0 Å². The fourth-order valence-electron chi connectivity index (χ4n) is 2.09. The topological polar surface area (TPSA) is 34.9 Å². The molecule has 0 saturated carbocycles. The number of benzene rings is 1. The molecule has 0 N–H and O–H groups in total. The Morgan fingerprint density at radius 2 is 2.11 bits per heavy atom. The van der Waals surface area contributed by atoms with E-state index in [4.69, 9.17) is 11.6 Å². The zero-order chi connectivity index (χ0) is 14.0. The molecule has 19 heavy (non-hydrogen) atoms. The molecule has 3 nitrogen and oxygen atoms in total. The number of halogens is 1. The lowest BCUT2D eigenvalue weighted by atomic mass is 9.98. The fraction of sp³-hybridized carbons (Fsp3) is 0.333. The number of carbonyl (C=O) groups is 1. The van der Waals surface area contributed by atoms with Gasteiger partial charge in [0.25, 0.3) is 0 Å². The van der Waals surface area contributed by atoms with Crippen LogP contribution in [-0.4, -0.2) is 15.6 Å². The number of aromatic nitrogens is 2. The number of ketones is 1. The molecule has 0 bridgehead atoms. The van der Waals surface area contributed by atoms with Gasteiger partial charge in [0, 0.05) is 12.1 Å². The lowest BCUT2D eigenvalue weighted by Crippen LogP contribution is -2.13. The summed E-state index contributed by atoms with van der Waals surface area (Å²) in [5.74, 6) is -0.0582. The Morgan fingerprint density at radius 3 is 2.79 bits per heavy atom. The Bertz CT molecular complexity index is 617. The molecular weight excluding hydrogens is 260 g/mol. The Hall–Kier alpha value is -1.61. The van der Waals surface area contributed by atoms with Gasteiger partial charge >= 0.3 is 0 Å². The Labute approximate surface area is 118 Å². The van der Waals surface area contributed by atoms with Crippen LogP contribution in [0.15, 0.2) is 24.4 Å². The van der Waals surface area contributed by atoms with Crippen LogP contribution in [0.5, 0.6) is 0 Å². The van der Waals surface area contributed by atoms with Crippen molar-refractivity contribution in [3.8, 4) is 0 Å². The van der Waals surface area contributed by atoms with Crippen molar-refractivity contribution in [1.82, 2.24) is 9.78 Å². The van der Waals surface area contributed by atoms with Crippen LogP contribution in [0, 0.1) is 13.8 Å². The predicted octanol–water partition coefficient (Wildman–Crippen LogP) is 3.79. The van der Waals surface area contributed by atoms with Crippen molar-refractivity contribution >= 4 is 17.4 Å². The largest absolute Gasteiger partial charge is 0.287 e. The molecule has 100 valence electrons. The Kier molecular flexibility index (Phi) is 4.05. The second-order valence-corrected chi connectivity index (χ2v) is 5.05. The van der Waals surface area contributed by atoms with Crippen LogP contribution >= 0.6 is 11.6 Å². The first kappa shape index (κ1) is 13.8. The second kappa shape index (κ2) is 5.57. The second-order valence-electron chi connectivity index (χ2n) is 4.64. The maximum absolute atomic E-state index is 12.7. The average Bonchev–Trinajstić information content (AvgIpc) is 2.74. The molecule has 0 atom stereocenters. The van der Waals surface area contributed by atoms with E-state index >= 15 is 0 Å². The molecule has 0 unspecified atom stereocenters. The SMILES string of the molecule is CCCn1ncc(Cl)c1C(=O)c1cccc(C)c1C. The van der Waals surface area contributed by atoms with Gasteiger partial charge in [-0.25, -0.2) is 0 Å². The Balaban J connectivity index is 2.50. The van der Waals surface area contributed by atoms with Crippen LogP contribution in [-0.2, 0) is 6.54 Å². The van der Waals surface area contributed by atoms with E-state index in [0.717, 1.165) is 17.5 Å². The summed E-state index contributed by atoms with van der Waals surface area (Å²) >= 11 is 6.11. The third-order valence-electron chi connectivity index (χ3n) is 3.29. The van der Waals surface area contributed by atoms with Gasteiger partial charge < -0.3 is 0 Å². The molecule has 1 heterocycles. The summed E-state index contributed by atoms with van der Waals surface area (Å²) in [4.78, 5) is 12.7. The summed E-state index contributed by atoms with van der Waals surface area (Å²) in [7, 11) is 0. The molecule has 1 aromatic heterocycles. The molecule has 0 radical (unpaired) electrons. The highest BCUT2D eigenvalue weighted by Crippen LogP contribution is 2.22. The van der Waals surface area contributed by atoms with E-state index in [-0.39, 0.29) is 5.78 Å². The van der Waals surface area contributed by atoms with Gasteiger partial charge in [-0.2, -0.15) is 5.10 Å². The van der Waals surface area contributed by atoms with Crippen LogP contribution in [0.2, 0.25) is 5.02 Å². The average molecular weight is 277 g/mol. The first-order chi connectivity index (χ1) is 9.06. The van der Waals surface area contributed by atoms with E-state index in [1.807, 2.05) is 39.0 Å². The minimum absolute atomic E-state index is 0.0582. The molecule has 0 amide bonds. The standard InChI is InChI=1S/C15H17ClN2O/c1-4-8-18-14(13(16)9-17-18)15(19)12-7-5-6-10(2)11(12)3/h5-7,9H,4,8H2,1-3H3. The van der Waals surface area contributed by atoms with E-state index in [1.54, 1.807) is 4.68 Å². The quantitative estimate of drug-likeness (QED) is 0.796. The lowest BCUT2D eigenvalue weighted by molar-refractivity contribution is 0.102. The highest BCUT2D eigenvalue weighted by molar-refractivity contribution is 6.34. The third-order valence-corrected chi connectivity index (χ3v) is 3.57. The van der Waals surface area contributed by atoms with Crippen LogP contribution in [0.3, 0.4) is 0 Å². The van der Waals surface area contributed by atoms with Crippen molar-refractivity contribution in [2.75, 3.05) is 0 Å². The lowest BCUT2D eigenvalue weighted by Gasteiger charge is -2.09. The molecule has 0 aliphatic heterocycles. The Morgan fingerprint density at radius 1 is 1.37 bits per heavy atom. The highest BCUT2D eigenvalue weighted by atomic mass is 35.5. The molecule has 0 aliphatic rings. The van der Waals surface area contributed by atoms with Crippen molar-refractivity contribution in [3.63, 3.8) is 0 Å². The summed E-state index contributed by atoms with van der Waals surface area (Å²) in [5.41, 5.74) is 3.27. The summed E-state index contributed by atoms with van der Waals surface area (Å²) < 4.78 is 1.69. The number of rotatable bonds is 4. The van der Waals surface area contributed by atoms with E-state index in [1.165, 1.54) is 6.20 Å². The fourth-order valence-corrected chi connectivity index (χ4v) is 2.32. The van der Waals surface area contributed by atoms with Gasteiger partial charge in [-0.15, -0.1) is 0 Å².